The maximum atomic E-state index is 14.1. The van der Waals surface area contributed by atoms with Crippen LogP contribution in [0, 0.1) is 23.7 Å². The van der Waals surface area contributed by atoms with Crippen molar-refractivity contribution < 1.29 is 29.4 Å². The largest absolute Gasteiger partial charge is 0.481 e. The van der Waals surface area contributed by atoms with Gasteiger partial charge in [-0.2, -0.15) is 0 Å². The average Bonchev–Trinajstić information content (AvgIpc) is 3.34. The number of carbonyl (C=O) groups excluding carboxylic acids is 2. The van der Waals surface area contributed by atoms with E-state index in [0.717, 1.165) is 61.8 Å². The van der Waals surface area contributed by atoms with Gasteiger partial charge in [-0.15, -0.1) is 11.3 Å². The highest BCUT2D eigenvalue weighted by molar-refractivity contribution is 7.15. The molecular weight excluding hydrogens is 492 g/mol. The predicted molar refractivity (Wildman–Crippen MR) is 143 cm³/mol. The minimum Gasteiger partial charge on any atom is -0.481 e. The molecular formula is C28H38N2O6S. The summed E-state index contributed by atoms with van der Waals surface area (Å²) in [6.07, 6.45) is 10.4. The van der Waals surface area contributed by atoms with Crippen LogP contribution in [0.5, 0.6) is 0 Å². The molecule has 0 radical (unpaired) electrons. The van der Waals surface area contributed by atoms with E-state index in [9.17, 15) is 29.4 Å². The highest BCUT2D eigenvalue weighted by atomic mass is 32.1. The Labute approximate surface area is 222 Å². The highest BCUT2D eigenvalue weighted by Gasteiger charge is 2.44. The summed E-state index contributed by atoms with van der Waals surface area (Å²) >= 11 is 1.20. The molecule has 2 fully saturated rings. The summed E-state index contributed by atoms with van der Waals surface area (Å²) in [5.41, 5.74) is 1.51. The summed E-state index contributed by atoms with van der Waals surface area (Å²) in [5.74, 6) is -3.82. The SMILES string of the molecule is CNC(=O)[C@H]1CCC(N(c2cc(C3=CCCCC3)sc2C(=O)O)C(=O)[C@H]2CC[C@H](C)CC2)C[C@@H]1C(=O)O. The fourth-order valence-electron chi connectivity index (χ4n) is 6.29. The van der Waals surface area contributed by atoms with Crippen LogP contribution in [-0.2, 0) is 14.4 Å². The van der Waals surface area contributed by atoms with Crippen LogP contribution in [0.4, 0.5) is 5.69 Å². The molecule has 202 valence electrons. The molecule has 3 N–H and O–H groups in total. The van der Waals surface area contributed by atoms with Gasteiger partial charge < -0.3 is 20.4 Å². The van der Waals surface area contributed by atoms with Crippen molar-refractivity contribution in [3.8, 4) is 0 Å². The Morgan fingerprint density at radius 1 is 1.00 bits per heavy atom. The molecule has 1 aromatic heterocycles. The number of hydrogen-bond donors (Lipinski definition) is 3. The molecule has 0 bridgehead atoms. The lowest BCUT2D eigenvalue weighted by molar-refractivity contribution is -0.149. The van der Waals surface area contributed by atoms with Gasteiger partial charge in [0.15, 0.2) is 0 Å². The van der Waals surface area contributed by atoms with Gasteiger partial charge in [0, 0.05) is 23.9 Å². The second-order valence-corrected chi connectivity index (χ2v) is 12.0. The van der Waals surface area contributed by atoms with Crippen LogP contribution < -0.4 is 10.2 Å². The van der Waals surface area contributed by atoms with Crippen LogP contribution >= 0.6 is 11.3 Å². The monoisotopic (exact) mass is 530 g/mol. The standard InChI is InChI=1S/C28H38N2O6S/c1-16-8-10-18(11-9-16)26(32)30(19-12-13-20(25(31)29-2)21(14-19)27(33)34)22-15-23(37-24(22)28(35)36)17-6-4-3-5-7-17/h6,15-16,18-21H,3-5,7-14H2,1-2H3,(H,29,31)(H,33,34)(H,35,36)/t16-,18-,19?,20-,21-/m0/s1. The third-order valence-electron chi connectivity index (χ3n) is 8.46. The molecule has 8 nitrogen and oxygen atoms in total. The van der Waals surface area contributed by atoms with Crippen molar-refractivity contribution in [2.45, 2.75) is 83.6 Å². The second kappa shape index (κ2) is 11.8. The van der Waals surface area contributed by atoms with Crippen molar-refractivity contribution in [2.24, 2.45) is 23.7 Å². The number of amides is 2. The molecule has 1 heterocycles. The predicted octanol–water partition coefficient (Wildman–Crippen LogP) is 5.18. The summed E-state index contributed by atoms with van der Waals surface area (Å²) in [6, 6.07) is 1.37. The Balaban J connectivity index is 1.74. The first-order valence-electron chi connectivity index (χ1n) is 13.5. The van der Waals surface area contributed by atoms with Crippen LogP contribution in [-0.4, -0.2) is 47.1 Å². The number of anilines is 1. The lowest BCUT2D eigenvalue weighted by atomic mass is 9.75. The molecule has 0 saturated heterocycles. The van der Waals surface area contributed by atoms with Crippen LogP contribution in [0.3, 0.4) is 0 Å². The Morgan fingerprint density at radius 2 is 1.73 bits per heavy atom. The van der Waals surface area contributed by atoms with Gasteiger partial charge in [-0.1, -0.05) is 13.0 Å². The van der Waals surface area contributed by atoms with Crippen LogP contribution in [0.2, 0.25) is 0 Å². The zero-order valence-electron chi connectivity index (χ0n) is 21.7. The molecule has 0 spiro atoms. The third kappa shape index (κ3) is 5.92. The molecule has 4 rings (SSSR count). The minimum atomic E-state index is -1.08. The van der Waals surface area contributed by atoms with E-state index in [-0.39, 0.29) is 29.0 Å². The van der Waals surface area contributed by atoms with E-state index in [1.54, 1.807) is 4.90 Å². The van der Waals surface area contributed by atoms with Crippen molar-refractivity contribution in [1.29, 1.82) is 0 Å². The van der Waals surface area contributed by atoms with Crippen molar-refractivity contribution in [2.75, 3.05) is 11.9 Å². The first-order chi connectivity index (χ1) is 17.7. The maximum absolute atomic E-state index is 14.1. The van der Waals surface area contributed by atoms with E-state index in [4.69, 9.17) is 0 Å². The van der Waals surface area contributed by atoms with Gasteiger partial charge in [-0.05, 0) is 88.2 Å². The molecule has 3 aliphatic carbocycles. The number of nitrogens with one attached hydrogen (secondary N) is 1. The number of aromatic carboxylic acids is 1. The van der Waals surface area contributed by atoms with E-state index in [1.807, 2.05) is 6.07 Å². The average molecular weight is 531 g/mol. The molecule has 0 aliphatic heterocycles. The molecule has 0 aromatic carbocycles. The third-order valence-corrected chi connectivity index (χ3v) is 9.65. The number of thiophene rings is 1. The second-order valence-electron chi connectivity index (χ2n) is 10.9. The quantitative estimate of drug-likeness (QED) is 0.446. The van der Waals surface area contributed by atoms with Gasteiger partial charge in [-0.3, -0.25) is 14.4 Å². The number of hydrogen-bond acceptors (Lipinski definition) is 5. The van der Waals surface area contributed by atoms with Crippen LogP contribution in [0.1, 0.15) is 92.1 Å². The number of rotatable bonds is 7. The van der Waals surface area contributed by atoms with Gasteiger partial charge in [0.2, 0.25) is 11.8 Å². The van der Waals surface area contributed by atoms with Gasteiger partial charge >= 0.3 is 11.9 Å². The number of aliphatic carboxylic acids is 1. The zero-order chi connectivity index (χ0) is 26.7. The van der Waals surface area contributed by atoms with Crippen LogP contribution in [0.25, 0.3) is 5.57 Å². The smallest absolute Gasteiger partial charge is 0.348 e. The molecule has 37 heavy (non-hydrogen) atoms. The first kappa shape index (κ1) is 27.4. The normalized spacial score (nSPS) is 28.2. The summed E-state index contributed by atoms with van der Waals surface area (Å²) in [4.78, 5) is 53.8. The number of carbonyl (C=O) groups is 4. The molecule has 2 amide bonds. The van der Waals surface area contributed by atoms with Gasteiger partial charge in [-0.25, -0.2) is 4.79 Å². The summed E-state index contributed by atoms with van der Waals surface area (Å²) in [6.45, 7) is 2.18. The fraction of sp³-hybridized carbons (Fsp3) is 0.643. The fourth-order valence-corrected chi connectivity index (χ4v) is 7.34. The topological polar surface area (TPSA) is 124 Å². The van der Waals surface area contributed by atoms with Gasteiger partial charge in [0.25, 0.3) is 0 Å². The highest BCUT2D eigenvalue weighted by Crippen LogP contribution is 2.43. The van der Waals surface area contributed by atoms with Gasteiger partial charge in [0.1, 0.15) is 4.88 Å². The lowest BCUT2D eigenvalue weighted by Crippen LogP contribution is -2.51. The van der Waals surface area contributed by atoms with E-state index in [2.05, 4.69) is 18.3 Å². The number of nitrogens with zero attached hydrogens (tertiary/aromatic N) is 1. The molecule has 3 atom stereocenters. The summed E-state index contributed by atoms with van der Waals surface area (Å²) < 4.78 is 0. The Kier molecular flexibility index (Phi) is 8.72. The molecule has 9 heteroatoms. The van der Waals surface area contributed by atoms with Crippen molar-refractivity contribution in [1.82, 2.24) is 5.32 Å². The van der Waals surface area contributed by atoms with Crippen molar-refractivity contribution in [3.63, 3.8) is 0 Å². The summed E-state index contributed by atoms with van der Waals surface area (Å²) in [7, 11) is 1.50. The van der Waals surface area contributed by atoms with E-state index >= 15 is 0 Å². The zero-order valence-corrected chi connectivity index (χ0v) is 22.5. The number of allylic oxidation sites excluding steroid dienone is 2. The number of carboxylic acids is 2. The first-order valence-corrected chi connectivity index (χ1v) is 14.4. The van der Waals surface area contributed by atoms with E-state index < -0.39 is 29.8 Å². The van der Waals surface area contributed by atoms with Crippen LogP contribution in [0.15, 0.2) is 12.1 Å². The summed E-state index contributed by atoms with van der Waals surface area (Å²) in [5, 5.41) is 22.7. The minimum absolute atomic E-state index is 0.107. The molecule has 2 saturated carbocycles. The molecule has 3 aliphatic rings. The van der Waals surface area contributed by atoms with Crippen molar-refractivity contribution in [3.05, 3.63) is 21.9 Å². The van der Waals surface area contributed by atoms with Gasteiger partial charge in [0.05, 0.1) is 17.5 Å². The van der Waals surface area contributed by atoms with E-state index in [0.29, 0.717) is 24.4 Å². The Hall–Kier alpha value is -2.68. The number of carboxylic acid groups (broad SMARTS) is 2. The van der Waals surface area contributed by atoms with E-state index in [1.165, 1.54) is 18.4 Å². The van der Waals surface area contributed by atoms with Crippen molar-refractivity contribution >= 4 is 46.4 Å². The molecule has 1 unspecified atom stereocenters. The lowest BCUT2D eigenvalue weighted by Gasteiger charge is -2.41. The Morgan fingerprint density at radius 3 is 2.32 bits per heavy atom. The molecule has 1 aromatic rings. The Bertz CT molecular complexity index is 1070. The maximum Gasteiger partial charge on any atom is 0.348 e.